The van der Waals surface area contributed by atoms with E-state index >= 15 is 0 Å². The molecule has 2 heterocycles. The van der Waals surface area contributed by atoms with E-state index in [0.29, 0.717) is 13.0 Å². The number of likely N-dealkylation sites (tertiary alicyclic amines) is 1. The molecule has 1 amide bonds. The largest absolute Gasteiger partial charge is 0.379 e. The summed E-state index contributed by atoms with van der Waals surface area (Å²) < 4.78 is 5.88. The predicted molar refractivity (Wildman–Crippen MR) is 91.2 cm³/mol. The number of carbonyl (C=O) groups is 1. The summed E-state index contributed by atoms with van der Waals surface area (Å²) in [6.07, 6.45) is 0.621. The van der Waals surface area contributed by atoms with Crippen molar-refractivity contribution in [3.05, 3.63) is 35.4 Å². The summed E-state index contributed by atoms with van der Waals surface area (Å²) in [6.45, 7) is 11.4. The van der Waals surface area contributed by atoms with Crippen LogP contribution in [0.3, 0.4) is 0 Å². The highest BCUT2D eigenvalue weighted by molar-refractivity contribution is 5.79. The van der Waals surface area contributed by atoms with Crippen molar-refractivity contribution in [2.75, 3.05) is 32.8 Å². The van der Waals surface area contributed by atoms with Crippen LogP contribution in [-0.2, 0) is 16.1 Å². The van der Waals surface area contributed by atoms with Gasteiger partial charge < -0.3 is 9.64 Å². The minimum atomic E-state index is -0.0400. The van der Waals surface area contributed by atoms with Crippen molar-refractivity contribution >= 4 is 5.91 Å². The molecule has 1 aromatic carbocycles. The lowest BCUT2D eigenvalue weighted by atomic mass is 9.87. The van der Waals surface area contributed by atoms with Gasteiger partial charge in [-0.05, 0) is 26.3 Å². The second kappa shape index (κ2) is 6.62. The topological polar surface area (TPSA) is 32.8 Å². The molecule has 1 atom stereocenters. The normalized spacial score (nSPS) is 26.3. The van der Waals surface area contributed by atoms with Crippen molar-refractivity contribution in [3.8, 4) is 0 Å². The van der Waals surface area contributed by atoms with Crippen LogP contribution in [-0.4, -0.2) is 54.6 Å². The number of ether oxygens (including phenoxy) is 1. The first-order valence-corrected chi connectivity index (χ1v) is 8.63. The molecule has 2 saturated heterocycles. The molecule has 1 spiro atoms. The molecule has 0 N–H and O–H groups in total. The Hall–Kier alpha value is -1.39. The standard InChI is InChI=1S/C19H28N2O2/c1-15(2)21-13-19(10-18(21)22)12-20(7-8-23-14-19)11-17-6-4-5-16(3)9-17/h4-6,9,15H,7-8,10-14H2,1-3H3. The van der Waals surface area contributed by atoms with Crippen LogP contribution in [0, 0.1) is 12.3 Å². The van der Waals surface area contributed by atoms with Crippen LogP contribution < -0.4 is 0 Å². The van der Waals surface area contributed by atoms with Crippen molar-refractivity contribution in [1.82, 2.24) is 9.80 Å². The Kier molecular flexibility index (Phi) is 4.74. The maximum absolute atomic E-state index is 12.4. The third kappa shape index (κ3) is 3.75. The number of carbonyl (C=O) groups excluding carboxylic acids is 1. The molecule has 0 aliphatic carbocycles. The first-order chi connectivity index (χ1) is 11.0. The van der Waals surface area contributed by atoms with Crippen LogP contribution in [0.4, 0.5) is 0 Å². The third-order valence-corrected chi connectivity index (χ3v) is 4.98. The third-order valence-electron chi connectivity index (χ3n) is 4.98. The van der Waals surface area contributed by atoms with Gasteiger partial charge in [0.2, 0.25) is 5.91 Å². The second-order valence-corrected chi connectivity index (χ2v) is 7.54. The second-order valence-electron chi connectivity index (χ2n) is 7.54. The molecule has 2 fully saturated rings. The molecular weight excluding hydrogens is 288 g/mol. The van der Waals surface area contributed by atoms with Gasteiger partial charge in [-0.25, -0.2) is 0 Å². The molecule has 0 aromatic heterocycles. The van der Waals surface area contributed by atoms with Gasteiger partial charge in [-0.15, -0.1) is 0 Å². The van der Waals surface area contributed by atoms with Crippen molar-refractivity contribution in [1.29, 1.82) is 0 Å². The van der Waals surface area contributed by atoms with E-state index in [1.54, 1.807) is 0 Å². The summed E-state index contributed by atoms with van der Waals surface area (Å²) in [7, 11) is 0. The Balaban J connectivity index is 1.73. The van der Waals surface area contributed by atoms with E-state index in [1.807, 2.05) is 4.90 Å². The van der Waals surface area contributed by atoms with Gasteiger partial charge in [-0.3, -0.25) is 9.69 Å². The van der Waals surface area contributed by atoms with Gasteiger partial charge in [-0.1, -0.05) is 29.8 Å². The number of nitrogens with zero attached hydrogens (tertiary/aromatic N) is 2. The van der Waals surface area contributed by atoms with Crippen molar-refractivity contribution in [3.63, 3.8) is 0 Å². The Bertz CT molecular complexity index is 572. The summed E-state index contributed by atoms with van der Waals surface area (Å²) >= 11 is 0. The maximum Gasteiger partial charge on any atom is 0.223 e. The van der Waals surface area contributed by atoms with E-state index in [4.69, 9.17) is 4.74 Å². The minimum absolute atomic E-state index is 0.0400. The van der Waals surface area contributed by atoms with Crippen molar-refractivity contribution in [2.24, 2.45) is 5.41 Å². The molecule has 0 saturated carbocycles. The molecule has 0 radical (unpaired) electrons. The van der Waals surface area contributed by atoms with E-state index < -0.39 is 0 Å². The number of amides is 1. The SMILES string of the molecule is Cc1cccc(CN2CCOCC3(CC(=O)N(C(C)C)C3)C2)c1. The Labute approximate surface area is 139 Å². The zero-order valence-electron chi connectivity index (χ0n) is 14.5. The maximum atomic E-state index is 12.4. The van der Waals surface area contributed by atoms with E-state index in [9.17, 15) is 4.79 Å². The zero-order valence-corrected chi connectivity index (χ0v) is 14.5. The van der Waals surface area contributed by atoms with Gasteiger partial charge in [-0.2, -0.15) is 0 Å². The molecule has 1 aromatic rings. The quantitative estimate of drug-likeness (QED) is 0.859. The summed E-state index contributed by atoms with van der Waals surface area (Å²) in [5.74, 6) is 0.279. The van der Waals surface area contributed by atoms with E-state index in [-0.39, 0.29) is 17.4 Å². The first kappa shape index (κ1) is 16.5. The first-order valence-electron chi connectivity index (χ1n) is 8.63. The molecule has 1 unspecified atom stereocenters. The Morgan fingerprint density at radius 3 is 2.83 bits per heavy atom. The van der Waals surface area contributed by atoms with E-state index in [2.05, 4.69) is 49.9 Å². The summed E-state index contributed by atoms with van der Waals surface area (Å²) in [5.41, 5.74) is 2.60. The molecule has 2 aliphatic heterocycles. The highest BCUT2D eigenvalue weighted by Gasteiger charge is 2.46. The lowest BCUT2D eigenvalue weighted by Crippen LogP contribution is -2.41. The molecule has 4 nitrogen and oxygen atoms in total. The van der Waals surface area contributed by atoms with Gasteiger partial charge >= 0.3 is 0 Å². The van der Waals surface area contributed by atoms with Gasteiger partial charge in [0.25, 0.3) is 0 Å². The molecule has 0 bridgehead atoms. The van der Waals surface area contributed by atoms with Crippen molar-refractivity contribution in [2.45, 2.75) is 39.8 Å². The van der Waals surface area contributed by atoms with Crippen LogP contribution in [0.25, 0.3) is 0 Å². The fourth-order valence-corrected chi connectivity index (χ4v) is 3.89. The molecule has 3 rings (SSSR count). The van der Waals surface area contributed by atoms with Gasteiger partial charge in [0, 0.05) is 44.1 Å². The fraction of sp³-hybridized carbons (Fsp3) is 0.632. The zero-order chi connectivity index (χ0) is 16.4. The molecule has 4 heteroatoms. The molecule has 126 valence electrons. The highest BCUT2D eigenvalue weighted by Crippen LogP contribution is 2.35. The summed E-state index contributed by atoms with van der Waals surface area (Å²) in [5, 5.41) is 0. The lowest BCUT2D eigenvalue weighted by molar-refractivity contribution is -0.129. The lowest BCUT2D eigenvalue weighted by Gasteiger charge is -2.32. The van der Waals surface area contributed by atoms with Gasteiger partial charge in [0.05, 0.1) is 13.2 Å². The van der Waals surface area contributed by atoms with E-state index in [0.717, 1.165) is 32.8 Å². The molecular formula is C19H28N2O2. The van der Waals surface area contributed by atoms with Crippen LogP contribution in [0.2, 0.25) is 0 Å². The number of benzene rings is 1. The molecule has 2 aliphatic rings. The van der Waals surface area contributed by atoms with Crippen LogP contribution in [0.15, 0.2) is 24.3 Å². The van der Waals surface area contributed by atoms with Crippen molar-refractivity contribution < 1.29 is 9.53 Å². The average molecular weight is 316 g/mol. The predicted octanol–water partition coefficient (Wildman–Crippen LogP) is 2.45. The van der Waals surface area contributed by atoms with Gasteiger partial charge in [0.1, 0.15) is 0 Å². The summed E-state index contributed by atoms with van der Waals surface area (Å²) in [4.78, 5) is 16.8. The summed E-state index contributed by atoms with van der Waals surface area (Å²) in [6, 6.07) is 8.96. The van der Waals surface area contributed by atoms with E-state index in [1.165, 1.54) is 11.1 Å². The number of hydrogen-bond donors (Lipinski definition) is 0. The number of rotatable bonds is 3. The number of aryl methyl sites for hydroxylation is 1. The van der Waals surface area contributed by atoms with Crippen LogP contribution in [0.5, 0.6) is 0 Å². The Morgan fingerprint density at radius 2 is 2.13 bits per heavy atom. The molecule has 23 heavy (non-hydrogen) atoms. The van der Waals surface area contributed by atoms with Gasteiger partial charge in [0.15, 0.2) is 0 Å². The highest BCUT2D eigenvalue weighted by atomic mass is 16.5. The Morgan fingerprint density at radius 1 is 1.30 bits per heavy atom. The van der Waals surface area contributed by atoms with Crippen LogP contribution >= 0.6 is 0 Å². The average Bonchev–Trinajstić information content (AvgIpc) is 2.68. The minimum Gasteiger partial charge on any atom is -0.379 e. The fourth-order valence-electron chi connectivity index (χ4n) is 3.89. The monoisotopic (exact) mass is 316 g/mol. The smallest absolute Gasteiger partial charge is 0.223 e. The van der Waals surface area contributed by atoms with Crippen LogP contribution in [0.1, 0.15) is 31.4 Å². The number of hydrogen-bond acceptors (Lipinski definition) is 3.